The number of hydrogen-bond donors (Lipinski definition) is 1. The number of anilines is 2. The smallest absolute Gasteiger partial charge is 0.243 e. The molecular weight excluding hydrogens is 224 g/mol. The number of fused-ring (bicyclic) bond motifs is 1. The first kappa shape index (κ1) is 9.97. The van der Waals surface area contributed by atoms with Crippen LogP contribution in [0.3, 0.4) is 0 Å². The van der Waals surface area contributed by atoms with Gasteiger partial charge in [0.05, 0.1) is 17.9 Å². The summed E-state index contributed by atoms with van der Waals surface area (Å²) < 4.78 is 0. The van der Waals surface area contributed by atoms with E-state index in [-0.39, 0.29) is 5.91 Å². The van der Waals surface area contributed by atoms with Gasteiger partial charge < -0.3 is 10.2 Å². The maximum atomic E-state index is 11.6. The van der Waals surface area contributed by atoms with Crippen molar-refractivity contribution in [2.45, 2.75) is 25.3 Å². The van der Waals surface area contributed by atoms with Crippen LogP contribution in [0.2, 0.25) is 5.02 Å². The number of benzene rings is 1. The van der Waals surface area contributed by atoms with Gasteiger partial charge in [0.2, 0.25) is 5.91 Å². The molecule has 1 heterocycles. The Bertz CT molecular complexity index is 443. The van der Waals surface area contributed by atoms with E-state index in [0.29, 0.717) is 17.6 Å². The van der Waals surface area contributed by atoms with Crippen molar-refractivity contribution in [3.05, 3.63) is 23.2 Å². The molecule has 1 aliphatic carbocycles. The molecule has 1 aromatic rings. The molecule has 0 saturated heterocycles. The minimum absolute atomic E-state index is 0.0571. The van der Waals surface area contributed by atoms with E-state index >= 15 is 0 Å². The molecule has 3 nitrogen and oxygen atoms in total. The second-order valence-corrected chi connectivity index (χ2v) is 4.86. The number of halogens is 1. The molecule has 1 aromatic carbocycles. The zero-order valence-electron chi connectivity index (χ0n) is 8.87. The molecule has 16 heavy (non-hydrogen) atoms. The number of rotatable bonds is 1. The molecule has 0 atom stereocenters. The summed E-state index contributed by atoms with van der Waals surface area (Å²) in [5, 5.41) is 3.53. The highest BCUT2D eigenvalue weighted by atomic mass is 35.5. The second kappa shape index (κ2) is 3.67. The molecule has 3 rings (SSSR count). The molecule has 0 unspecified atom stereocenters. The molecule has 2 aliphatic rings. The molecule has 0 radical (unpaired) electrons. The second-order valence-electron chi connectivity index (χ2n) is 4.42. The molecule has 1 fully saturated rings. The van der Waals surface area contributed by atoms with Gasteiger partial charge in [-0.3, -0.25) is 4.79 Å². The Kier molecular flexibility index (Phi) is 2.28. The third-order valence-electron chi connectivity index (χ3n) is 3.37. The van der Waals surface area contributed by atoms with E-state index in [0.717, 1.165) is 11.4 Å². The van der Waals surface area contributed by atoms with Crippen LogP contribution < -0.4 is 10.2 Å². The first-order valence-electron chi connectivity index (χ1n) is 5.60. The zero-order valence-corrected chi connectivity index (χ0v) is 9.63. The lowest BCUT2D eigenvalue weighted by atomic mass is 9.90. The van der Waals surface area contributed by atoms with Crippen molar-refractivity contribution in [3.63, 3.8) is 0 Å². The molecule has 1 amide bonds. The third kappa shape index (κ3) is 1.55. The van der Waals surface area contributed by atoms with Gasteiger partial charge in [-0.1, -0.05) is 11.6 Å². The van der Waals surface area contributed by atoms with E-state index in [4.69, 9.17) is 11.6 Å². The van der Waals surface area contributed by atoms with Gasteiger partial charge in [0.1, 0.15) is 0 Å². The maximum absolute atomic E-state index is 11.6. The predicted octanol–water partition coefficient (Wildman–Crippen LogP) is 2.65. The average Bonchev–Trinajstić information content (AvgIpc) is 2.13. The average molecular weight is 237 g/mol. The van der Waals surface area contributed by atoms with Crippen molar-refractivity contribution in [3.8, 4) is 0 Å². The van der Waals surface area contributed by atoms with Crippen molar-refractivity contribution in [1.29, 1.82) is 0 Å². The summed E-state index contributed by atoms with van der Waals surface area (Å²) in [6.45, 7) is 0.472. The Labute approximate surface area is 99.4 Å². The van der Waals surface area contributed by atoms with E-state index in [9.17, 15) is 4.79 Å². The van der Waals surface area contributed by atoms with Crippen LogP contribution in [0, 0.1) is 0 Å². The SMILES string of the molecule is O=C1CN(C2CCC2)c2ccc(Cl)cc2N1. The summed E-state index contributed by atoms with van der Waals surface area (Å²) in [5.41, 5.74) is 1.95. The highest BCUT2D eigenvalue weighted by Crippen LogP contribution is 2.37. The summed E-state index contributed by atoms with van der Waals surface area (Å²) in [7, 11) is 0. The molecule has 0 spiro atoms. The van der Waals surface area contributed by atoms with Gasteiger partial charge in [0.15, 0.2) is 0 Å². The highest BCUT2D eigenvalue weighted by Gasteiger charge is 2.31. The van der Waals surface area contributed by atoms with Gasteiger partial charge >= 0.3 is 0 Å². The standard InChI is InChI=1S/C12H13ClN2O/c13-8-4-5-11-10(6-8)14-12(16)7-15(11)9-2-1-3-9/h4-6,9H,1-3,7H2,(H,14,16). The topological polar surface area (TPSA) is 32.3 Å². The van der Waals surface area contributed by atoms with Crippen molar-refractivity contribution in [2.75, 3.05) is 16.8 Å². The number of nitrogens with one attached hydrogen (secondary N) is 1. The van der Waals surface area contributed by atoms with Crippen LogP contribution in [0.1, 0.15) is 19.3 Å². The Morgan fingerprint density at radius 2 is 2.19 bits per heavy atom. The van der Waals surface area contributed by atoms with E-state index in [1.54, 1.807) is 0 Å². The molecule has 84 valence electrons. The van der Waals surface area contributed by atoms with E-state index in [1.807, 2.05) is 18.2 Å². The lowest BCUT2D eigenvalue weighted by molar-refractivity contribution is -0.115. The van der Waals surface area contributed by atoms with Crippen molar-refractivity contribution >= 4 is 28.9 Å². The van der Waals surface area contributed by atoms with Gasteiger partial charge in [-0.15, -0.1) is 0 Å². The van der Waals surface area contributed by atoms with Gasteiger partial charge in [-0.05, 0) is 37.5 Å². The van der Waals surface area contributed by atoms with Gasteiger partial charge in [0.25, 0.3) is 0 Å². The predicted molar refractivity (Wildman–Crippen MR) is 65.1 cm³/mol. The van der Waals surface area contributed by atoms with E-state index in [2.05, 4.69) is 10.2 Å². The Morgan fingerprint density at radius 1 is 1.38 bits per heavy atom. The summed E-state index contributed by atoms with van der Waals surface area (Å²) in [4.78, 5) is 13.8. The minimum Gasteiger partial charge on any atom is -0.358 e. The van der Waals surface area contributed by atoms with Crippen molar-refractivity contribution < 1.29 is 4.79 Å². The fourth-order valence-electron chi connectivity index (χ4n) is 2.31. The monoisotopic (exact) mass is 236 g/mol. The Hall–Kier alpha value is -1.22. The normalized spacial score (nSPS) is 20.1. The number of nitrogens with zero attached hydrogens (tertiary/aromatic N) is 1. The van der Waals surface area contributed by atoms with Crippen LogP contribution in [0.25, 0.3) is 0 Å². The Morgan fingerprint density at radius 3 is 2.88 bits per heavy atom. The lowest BCUT2D eigenvalue weighted by Crippen LogP contribution is -2.47. The molecule has 0 aromatic heterocycles. The first-order chi connectivity index (χ1) is 7.74. The van der Waals surface area contributed by atoms with Crippen LogP contribution in [-0.4, -0.2) is 18.5 Å². The summed E-state index contributed by atoms with van der Waals surface area (Å²) in [6.07, 6.45) is 3.65. The maximum Gasteiger partial charge on any atom is 0.243 e. The number of amides is 1. The van der Waals surface area contributed by atoms with Crippen LogP contribution >= 0.6 is 11.6 Å². The quantitative estimate of drug-likeness (QED) is 0.813. The van der Waals surface area contributed by atoms with Crippen LogP contribution in [0.15, 0.2) is 18.2 Å². The summed E-state index contributed by atoms with van der Waals surface area (Å²) in [5.74, 6) is 0.0571. The molecule has 0 bridgehead atoms. The number of hydrogen-bond acceptors (Lipinski definition) is 2. The molecule has 1 aliphatic heterocycles. The van der Waals surface area contributed by atoms with E-state index in [1.165, 1.54) is 19.3 Å². The molecule has 1 N–H and O–H groups in total. The minimum atomic E-state index is 0.0571. The first-order valence-corrected chi connectivity index (χ1v) is 5.98. The molecular formula is C12H13ClN2O. The van der Waals surface area contributed by atoms with Crippen molar-refractivity contribution in [1.82, 2.24) is 0 Å². The zero-order chi connectivity index (χ0) is 11.1. The van der Waals surface area contributed by atoms with Gasteiger partial charge in [-0.2, -0.15) is 0 Å². The van der Waals surface area contributed by atoms with E-state index < -0.39 is 0 Å². The summed E-state index contributed by atoms with van der Waals surface area (Å²) in [6, 6.07) is 6.23. The number of carbonyl (C=O) groups excluding carboxylic acids is 1. The van der Waals surface area contributed by atoms with Crippen LogP contribution in [0.4, 0.5) is 11.4 Å². The van der Waals surface area contributed by atoms with Gasteiger partial charge in [0, 0.05) is 11.1 Å². The Balaban J connectivity index is 2.00. The fourth-order valence-corrected chi connectivity index (χ4v) is 2.48. The third-order valence-corrected chi connectivity index (χ3v) is 3.61. The van der Waals surface area contributed by atoms with Crippen LogP contribution in [0.5, 0.6) is 0 Å². The lowest BCUT2D eigenvalue weighted by Gasteiger charge is -2.41. The number of carbonyl (C=O) groups is 1. The van der Waals surface area contributed by atoms with Crippen LogP contribution in [-0.2, 0) is 4.79 Å². The molecule has 1 saturated carbocycles. The summed E-state index contributed by atoms with van der Waals surface area (Å²) >= 11 is 5.93. The van der Waals surface area contributed by atoms with Crippen molar-refractivity contribution in [2.24, 2.45) is 0 Å². The largest absolute Gasteiger partial charge is 0.358 e. The van der Waals surface area contributed by atoms with Gasteiger partial charge in [-0.25, -0.2) is 0 Å². The highest BCUT2D eigenvalue weighted by molar-refractivity contribution is 6.31. The fraction of sp³-hybridized carbons (Fsp3) is 0.417. The molecule has 4 heteroatoms.